The predicted octanol–water partition coefficient (Wildman–Crippen LogP) is 2.45. The first kappa shape index (κ1) is 16.4. The predicted molar refractivity (Wildman–Crippen MR) is 95.6 cm³/mol. The van der Waals surface area contributed by atoms with Gasteiger partial charge in [-0.15, -0.1) is 11.3 Å². The lowest BCUT2D eigenvalue weighted by Gasteiger charge is -2.23. The van der Waals surface area contributed by atoms with Crippen molar-refractivity contribution in [3.05, 3.63) is 40.7 Å². The molecule has 1 saturated heterocycles. The van der Waals surface area contributed by atoms with Crippen LogP contribution in [0.15, 0.2) is 35.8 Å². The molecule has 1 atom stereocenters. The smallest absolute Gasteiger partial charge is 0.264 e. The summed E-state index contributed by atoms with van der Waals surface area (Å²) < 4.78 is 0. The van der Waals surface area contributed by atoms with Crippen LogP contribution in [0.25, 0.3) is 0 Å². The van der Waals surface area contributed by atoms with Crippen LogP contribution in [0.5, 0.6) is 0 Å². The normalized spacial score (nSPS) is 16.9. The van der Waals surface area contributed by atoms with Crippen LogP contribution in [0.4, 0.5) is 11.5 Å². The van der Waals surface area contributed by atoms with Gasteiger partial charge < -0.3 is 15.1 Å². The van der Waals surface area contributed by atoms with E-state index in [2.05, 4.69) is 10.3 Å². The molecule has 3 heterocycles. The molecule has 0 bridgehead atoms. The minimum atomic E-state index is -0.423. The van der Waals surface area contributed by atoms with Gasteiger partial charge in [0, 0.05) is 20.6 Å². The number of aromatic nitrogens is 1. The molecule has 0 spiro atoms. The first-order valence-electron chi connectivity index (χ1n) is 7.85. The third-order valence-electron chi connectivity index (χ3n) is 4.02. The second-order valence-electron chi connectivity index (χ2n) is 5.92. The Hall–Kier alpha value is -2.41. The van der Waals surface area contributed by atoms with E-state index in [0.717, 1.165) is 12.2 Å². The zero-order valence-corrected chi connectivity index (χ0v) is 14.5. The number of hydrogen-bond acceptors (Lipinski definition) is 5. The molecule has 6 nitrogen and oxygen atoms in total. The van der Waals surface area contributed by atoms with Crippen molar-refractivity contribution in [2.24, 2.45) is 0 Å². The van der Waals surface area contributed by atoms with Gasteiger partial charge in [-0.3, -0.25) is 9.59 Å². The van der Waals surface area contributed by atoms with Crippen LogP contribution in [0.3, 0.4) is 0 Å². The highest BCUT2D eigenvalue weighted by Crippen LogP contribution is 2.23. The third kappa shape index (κ3) is 3.41. The molecule has 0 aliphatic carbocycles. The van der Waals surface area contributed by atoms with Gasteiger partial charge in [0.05, 0.1) is 16.8 Å². The van der Waals surface area contributed by atoms with Crippen LogP contribution in [-0.4, -0.2) is 48.4 Å². The molecule has 24 heavy (non-hydrogen) atoms. The number of nitrogens with one attached hydrogen (secondary N) is 1. The van der Waals surface area contributed by atoms with Crippen LogP contribution in [0, 0.1) is 0 Å². The fourth-order valence-electron chi connectivity index (χ4n) is 2.77. The van der Waals surface area contributed by atoms with Gasteiger partial charge in [-0.2, -0.15) is 0 Å². The zero-order valence-electron chi connectivity index (χ0n) is 13.7. The van der Waals surface area contributed by atoms with Crippen LogP contribution in [0.2, 0.25) is 0 Å². The van der Waals surface area contributed by atoms with E-state index in [1.807, 2.05) is 42.6 Å². The summed E-state index contributed by atoms with van der Waals surface area (Å²) in [5.74, 6) is 0.601. The number of carbonyl (C=O) groups is 2. The number of anilines is 2. The fraction of sp³-hybridized carbons (Fsp3) is 0.353. The largest absolute Gasteiger partial charge is 0.363 e. The van der Waals surface area contributed by atoms with E-state index in [1.165, 1.54) is 11.3 Å². The summed E-state index contributed by atoms with van der Waals surface area (Å²) in [4.78, 5) is 33.6. The molecule has 2 aromatic heterocycles. The number of thiophene rings is 1. The molecule has 2 amide bonds. The molecule has 1 unspecified atom stereocenters. The first-order valence-corrected chi connectivity index (χ1v) is 8.73. The minimum Gasteiger partial charge on any atom is -0.363 e. The lowest BCUT2D eigenvalue weighted by Crippen LogP contribution is -2.42. The summed E-state index contributed by atoms with van der Waals surface area (Å²) in [6.07, 6.45) is 3.16. The lowest BCUT2D eigenvalue weighted by atomic mass is 10.2. The molecule has 3 rings (SSSR count). The molecule has 1 aliphatic rings. The summed E-state index contributed by atoms with van der Waals surface area (Å²) in [6.45, 7) is 0.618. The molecule has 0 aromatic carbocycles. The Morgan fingerprint density at radius 3 is 2.79 bits per heavy atom. The van der Waals surface area contributed by atoms with E-state index in [9.17, 15) is 9.59 Å². The maximum atomic E-state index is 12.6. The molecule has 126 valence electrons. The molecular formula is C17H20N4O2S. The van der Waals surface area contributed by atoms with E-state index in [0.29, 0.717) is 23.5 Å². The maximum absolute atomic E-state index is 12.6. The van der Waals surface area contributed by atoms with Gasteiger partial charge in [0.2, 0.25) is 5.91 Å². The Bertz CT molecular complexity index is 713. The summed E-state index contributed by atoms with van der Waals surface area (Å²) in [6, 6.07) is 6.89. The number of rotatable bonds is 4. The molecule has 7 heteroatoms. The summed E-state index contributed by atoms with van der Waals surface area (Å²) in [5, 5.41) is 4.74. The van der Waals surface area contributed by atoms with Crippen molar-refractivity contribution in [1.82, 2.24) is 9.88 Å². The second kappa shape index (κ2) is 7.00. The molecule has 1 fully saturated rings. The molecule has 0 saturated carbocycles. The molecule has 2 aromatic rings. The molecule has 0 radical (unpaired) electrons. The SMILES string of the molecule is CN(C)c1ccc(NC(=O)C2CCCN2C(=O)c2cccs2)cn1. The average Bonchev–Trinajstić information content (AvgIpc) is 3.26. The summed E-state index contributed by atoms with van der Waals surface area (Å²) in [5.41, 5.74) is 0.640. The van der Waals surface area contributed by atoms with Crippen LogP contribution in [-0.2, 0) is 4.79 Å². The fourth-order valence-corrected chi connectivity index (χ4v) is 3.45. The molecule has 1 aliphatic heterocycles. The Morgan fingerprint density at radius 2 is 2.17 bits per heavy atom. The number of pyridine rings is 1. The van der Waals surface area contributed by atoms with Gasteiger partial charge >= 0.3 is 0 Å². The Balaban J connectivity index is 1.68. The zero-order chi connectivity index (χ0) is 17.1. The summed E-state index contributed by atoms with van der Waals surface area (Å²) >= 11 is 1.40. The minimum absolute atomic E-state index is 0.0660. The van der Waals surface area contributed by atoms with Crippen molar-refractivity contribution in [2.45, 2.75) is 18.9 Å². The van der Waals surface area contributed by atoms with E-state index < -0.39 is 6.04 Å². The van der Waals surface area contributed by atoms with Gasteiger partial charge in [-0.25, -0.2) is 4.98 Å². The first-order chi connectivity index (χ1) is 11.6. The van der Waals surface area contributed by atoms with Crippen molar-refractivity contribution in [3.63, 3.8) is 0 Å². The highest BCUT2D eigenvalue weighted by molar-refractivity contribution is 7.12. The number of amides is 2. The third-order valence-corrected chi connectivity index (χ3v) is 4.88. The van der Waals surface area contributed by atoms with Crippen LogP contribution in [0.1, 0.15) is 22.5 Å². The molecule has 1 N–H and O–H groups in total. The van der Waals surface area contributed by atoms with Gasteiger partial charge in [0.1, 0.15) is 11.9 Å². The standard InChI is InChI=1S/C17H20N4O2S/c1-20(2)15-8-7-12(11-18-15)19-16(22)13-5-3-9-21(13)17(23)14-6-4-10-24-14/h4,6-8,10-11,13H,3,5,9H2,1-2H3,(H,19,22). The number of likely N-dealkylation sites (tertiary alicyclic amines) is 1. The van der Waals surface area contributed by atoms with Gasteiger partial charge in [0.25, 0.3) is 5.91 Å². The number of nitrogens with zero attached hydrogens (tertiary/aromatic N) is 3. The van der Waals surface area contributed by atoms with Crippen LogP contribution >= 0.6 is 11.3 Å². The Morgan fingerprint density at radius 1 is 1.33 bits per heavy atom. The van der Waals surface area contributed by atoms with Crippen molar-refractivity contribution in [2.75, 3.05) is 30.9 Å². The Kier molecular flexibility index (Phi) is 4.80. The van der Waals surface area contributed by atoms with Crippen molar-refractivity contribution >= 4 is 34.7 Å². The topological polar surface area (TPSA) is 65.5 Å². The van der Waals surface area contributed by atoms with Crippen molar-refractivity contribution in [3.8, 4) is 0 Å². The van der Waals surface area contributed by atoms with E-state index in [-0.39, 0.29) is 11.8 Å². The lowest BCUT2D eigenvalue weighted by molar-refractivity contribution is -0.119. The van der Waals surface area contributed by atoms with Crippen LogP contribution < -0.4 is 10.2 Å². The van der Waals surface area contributed by atoms with E-state index in [4.69, 9.17) is 0 Å². The number of hydrogen-bond donors (Lipinski definition) is 1. The van der Waals surface area contributed by atoms with Gasteiger partial charge in [0.15, 0.2) is 0 Å². The summed E-state index contributed by atoms with van der Waals surface area (Å²) in [7, 11) is 3.82. The quantitative estimate of drug-likeness (QED) is 0.925. The van der Waals surface area contributed by atoms with Gasteiger partial charge in [-0.05, 0) is 36.4 Å². The number of carbonyl (C=O) groups excluding carboxylic acids is 2. The van der Waals surface area contributed by atoms with Crippen molar-refractivity contribution in [1.29, 1.82) is 0 Å². The molecular weight excluding hydrogens is 324 g/mol. The monoisotopic (exact) mass is 344 g/mol. The van der Waals surface area contributed by atoms with E-state index in [1.54, 1.807) is 17.2 Å². The van der Waals surface area contributed by atoms with Gasteiger partial charge in [-0.1, -0.05) is 6.07 Å². The highest BCUT2D eigenvalue weighted by Gasteiger charge is 2.34. The Labute approximate surface area is 145 Å². The van der Waals surface area contributed by atoms with Crippen molar-refractivity contribution < 1.29 is 9.59 Å². The maximum Gasteiger partial charge on any atom is 0.264 e. The highest BCUT2D eigenvalue weighted by atomic mass is 32.1. The average molecular weight is 344 g/mol. The van der Waals surface area contributed by atoms with E-state index >= 15 is 0 Å². The second-order valence-corrected chi connectivity index (χ2v) is 6.87.